The summed E-state index contributed by atoms with van der Waals surface area (Å²) in [5.41, 5.74) is 0.328. The fraction of sp³-hybridized carbons (Fsp3) is 0.188. The maximum atomic E-state index is 12.2. The first kappa shape index (κ1) is 16.4. The van der Waals surface area contributed by atoms with Crippen molar-refractivity contribution in [1.29, 1.82) is 0 Å². The number of methoxy groups -OCH3 is 1. The minimum atomic E-state index is -1.13. The van der Waals surface area contributed by atoms with Gasteiger partial charge >= 0.3 is 0 Å². The zero-order chi connectivity index (χ0) is 17.0. The lowest BCUT2D eigenvalue weighted by Gasteiger charge is -2.11. The Bertz CT molecular complexity index is 726. The quantitative estimate of drug-likeness (QED) is 0.481. The van der Waals surface area contributed by atoms with Crippen LogP contribution in [0.2, 0.25) is 0 Å². The maximum absolute atomic E-state index is 12.2. The number of aliphatic hydroxyl groups excluding tert-OH is 1. The van der Waals surface area contributed by atoms with Crippen LogP contribution in [0.4, 0.5) is 5.69 Å². The van der Waals surface area contributed by atoms with Gasteiger partial charge < -0.3 is 14.9 Å². The largest absolute Gasteiger partial charge is 0.507 e. The van der Waals surface area contributed by atoms with E-state index in [0.717, 1.165) is 0 Å². The Labute approximate surface area is 131 Å². The van der Waals surface area contributed by atoms with Crippen molar-refractivity contribution in [3.63, 3.8) is 0 Å². The summed E-state index contributed by atoms with van der Waals surface area (Å²) in [6.45, 7) is 0. The van der Waals surface area contributed by atoms with Crippen LogP contribution in [0.25, 0.3) is 0 Å². The van der Waals surface area contributed by atoms with Crippen LogP contribution >= 0.6 is 0 Å². The van der Waals surface area contributed by atoms with Crippen LogP contribution in [0.1, 0.15) is 28.4 Å². The Kier molecular flexibility index (Phi) is 4.92. The first-order valence-electron chi connectivity index (χ1n) is 6.75. The first-order valence-corrected chi connectivity index (χ1v) is 6.75. The van der Waals surface area contributed by atoms with E-state index in [0.29, 0.717) is 11.3 Å². The molecule has 0 aliphatic heterocycles. The molecule has 0 aliphatic carbocycles. The van der Waals surface area contributed by atoms with Crippen molar-refractivity contribution in [3.05, 3.63) is 63.7 Å². The molecular weight excluding hydrogens is 302 g/mol. The van der Waals surface area contributed by atoms with Gasteiger partial charge in [-0.1, -0.05) is 0 Å². The predicted octanol–water partition coefficient (Wildman–Crippen LogP) is 2.62. The number of carbonyl (C=O) groups is 1. The number of hydrogen-bond donors (Lipinski definition) is 2. The molecule has 1 atom stereocenters. The number of ether oxygens (including phenoxy) is 1. The second-order valence-corrected chi connectivity index (χ2v) is 4.87. The van der Waals surface area contributed by atoms with E-state index < -0.39 is 16.8 Å². The summed E-state index contributed by atoms with van der Waals surface area (Å²) in [5, 5.41) is 30.4. The van der Waals surface area contributed by atoms with Crippen LogP contribution in [0, 0.1) is 10.1 Å². The monoisotopic (exact) mass is 317 g/mol. The average Bonchev–Trinajstić information content (AvgIpc) is 2.55. The number of carbonyl (C=O) groups excluding carboxylic acids is 1. The number of ketones is 1. The van der Waals surface area contributed by atoms with Gasteiger partial charge in [-0.2, -0.15) is 0 Å². The van der Waals surface area contributed by atoms with E-state index in [2.05, 4.69) is 0 Å². The number of nitrogens with zero attached hydrogens (tertiary/aromatic N) is 1. The van der Waals surface area contributed by atoms with E-state index in [9.17, 15) is 25.1 Å². The van der Waals surface area contributed by atoms with Crippen molar-refractivity contribution in [2.75, 3.05) is 7.11 Å². The molecule has 0 bridgehead atoms. The smallest absolute Gasteiger partial charge is 0.269 e. The average molecular weight is 317 g/mol. The summed E-state index contributed by atoms with van der Waals surface area (Å²) in [7, 11) is 1.44. The molecule has 0 aromatic heterocycles. The highest BCUT2D eigenvalue weighted by Gasteiger charge is 2.19. The Balaban J connectivity index is 2.14. The second kappa shape index (κ2) is 6.89. The van der Waals surface area contributed by atoms with Gasteiger partial charge in [-0.15, -0.1) is 0 Å². The highest BCUT2D eigenvalue weighted by atomic mass is 16.6. The van der Waals surface area contributed by atoms with Gasteiger partial charge in [0.15, 0.2) is 5.78 Å². The fourth-order valence-electron chi connectivity index (χ4n) is 2.09. The summed E-state index contributed by atoms with van der Waals surface area (Å²) in [5.74, 6) is -0.255. The first-order chi connectivity index (χ1) is 10.9. The molecular formula is C16H15NO6. The molecule has 23 heavy (non-hydrogen) atoms. The van der Waals surface area contributed by atoms with Crippen LogP contribution in [0.15, 0.2) is 42.5 Å². The molecule has 0 heterocycles. The van der Waals surface area contributed by atoms with Gasteiger partial charge in [-0.3, -0.25) is 14.9 Å². The van der Waals surface area contributed by atoms with Crippen molar-refractivity contribution in [3.8, 4) is 11.5 Å². The summed E-state index contributed by atoms with van der Waals surface area (Å²) >= 11 is 0. The van der Waals surface area contributed by atoms with E-state index in [-0.39, 0.29) is 23.4 Å². The number of aliphatic hydroxyl groups is 1. The van der Waals surface area contributed by atoms with Gasteiger partial charge in [0.25, 0.3) is 5.69 Å². The van der Waals surface area contributed by atoms with E-state index >= 15 is 0 Å². The number of rotatable bonds is 6. The van der Waals surface area contributed by atoms with Crippen molar-refractivity contribution in [1.82, 2.24) is 0 Å². The van der Waals surface area contributed by atoms with E-state index in [4.69, 9.17) is 4.74 Å². The molecule has 120 valence electrons. The molecule has 1 unspecified atom stereocenters. The SMILES string of the molecule is COc1ccc(O)c(C(=O)CC(O)c2ccc([N+](=O)[O-])cc2)c1. The standard InChI is InChI=1S/C16H15NO6/c1-23-12-6-7-14(18)13(8-12)16(20)9-15(19)10-2-4-11(5-3-10)17(21)22/h2-8,15,18-19H,9H2,1H3. The third-order valence-corrected chi connectivity index (χ3v) is 3.37. The number of aromatic hydroxyl groups is 1. The number of non-ortho nitro benzene ring substituents is 1. The maximum Gasteiger partial charge on any atom is 0.269 e. The highest BCUT2D eigenvalue weighted by Crippen LogP contribution is 2.27. The van der Waals surface area contributed by atoms with Gasteiger partial charge in [0.1, 0.15) is 11.5 Å². The normalized spacial score (nSPS) is 11.7. The van der Waals surface area contributed by atoms with E-state index in [1.54, 1.807) is 0 Å². The van der Waals surface area contributed by atoms with Crippen LogP contribution in [-0.2, 0) is 0 Å². The molecule has 7 nitrogen and oxygen atoms in total. The molecule has 0 fully saturated rings. The molecule has 0 radical (unpaired) electrons. The number of nitro benzene ring substituents is 1. The molecule has 7 heteroatoms. The Morgan fingerprint density at radius 1 is 1.26 bits per heavy atom. The molecule has 0 saturated heterocycles. The van der Waals surface area contributed by atoms with Crippen molar-refractivity contribution >= 4 is 11.5 Å². The fourth-order valence-corrected chi connectivity index (χ4v) is 2.09. The third kappa shape index (κ3) is 3.83. The molecule has 0 aliphatic rings. The van der Waals surface area contributed by atoms with Crippen molar-refractivity contribution in [2.24, 2.45) is 0 Å². The molecule has 2 rings (SSSR count). The Morgan fingerprint density at radius 3 is 2.48 bits per heavy atom. The van der Waals surface area contributed by atoms with Crippen molar-refractivity contribution in [2.45, 2.75) is 12.5 Å². The molecule has 0 amide bonds. The summed E-state index contributed by atoms with van der Waals surface area (Å²) in [4.78, 5) is 22.3. The lowest BCUT2D eigenvalue weighted by Crippen LogP contribution is -2.08. The summed E-state index contributed by atoms with van der Waals surface area (Å²) in [6, 6.07) is 9.53. The lowest BCUT2D eigenvalue weighted by atomic mass is 9.99. The lowest BCUT2D eigenvalue weighted by molar-refractivity contribution is -0.384. The molecule has 0 saturated carbocycles. The minimum absolute atomic E-state index is 0.0466. The highest BCUT2D eigenvalue weighted by molar-refractivity contribution is 5.99. The molecule has 2 N–H and O–H groups in total. The minimum Gasteiger partial charge on any atom is -0.507 e. The van der Waals surface area contributed by atoms with Gasteiger partial charge in [0.2, 0.25) is 0 Å². The molecule has 2 aromatic rings. The van der Waals surface area contributed by atoms with Gasteiger partial charge in [-0.25, -0.2) is 0 Å². The van der Waals surface area contributed by atoms with Gasteiger partial charge in [0, 0.05) is 18.6 Å². The van der Waals surface area contributed by atoms with Crippen LogP contribution in [-0.4, -0.2) is 28.0 Å². The zero-order valence-electron chi connectivity index (χ0n) is 12.3. The van der Waals surface area contributed by atoms with Crippen LogP contribution in [0.5, 0.6) is 11.5 Å². The van der Waals surface area contributed by atoms with Gasteiger partial charge in [-0.05, 0) is 35.9 Å². The molecule has 2 aromatic carbocycles. The second-order valence-electron chi connectivity index (χ2n) is 4.87. The third-order valence-electron chi connectivity index (χ3n) is 3.37. The van der Waals surface area contributed by atoms with E-state index in [1.165, 1.54) is 49.6 Å². The number of hydrogen-bond acceptors (Lipinski definition) is 6. The summed E-state index contributed by atoms with van der Waals surface area (Å²) < 4.78 is 5.00. The summed E-state index contributed by atoms with van der Waals surface area (Å²) in [6.07, 6.45) is -1.40. The van der Waals surface area contributed by atoms with Crippen LogP contribution < -0.4 is 4.74 Å². The molecule has 0 spiro atoms. The zero-order valence-corrected chi connectivity index (χ0v) is 12.3. The Morgan fingerprint density at radius 2 is 1.91 bits per heavy atom. The number of phenolic OH excluding ortho intramolecular Hbond substituents is 1. The number of Topliss-reactive ketones (excluding diaryl/α,β-unsaturated/α-hetero) is 1. The number of benzene rings is 2. The van der Waals surface area contributed by atoms with Gasteiger partial charge in [0.05, 0.1) is 23.7 Å². The van der Waals surface area contributed by atoms with E-state index in [1.807, 2.05) is 0 Å². The number of phenols is 1. The van der Waals surface area contributed by atoms with Crippen molar-refractivity contribution < 1.29 is 24.7 Å². The van der Waals surface area contributed by atoms with Crippen LogP contribution in [0.3, 0.4) is 0 Å². The topological polar surface area (TPSA) is 110 Å². The predicted molar refractivity (Wildman–Crippen MR) is 81.7 cm³/mol. The number of nitro groups is 1. The Hall–Kier alpha value is -2.93.